The molecule has 0 atom stereocenters. The Kier molecular flexibility index (Phi) is 4.22. The molecule has 4 nitrogen and oxygen atoms in total. The third-order valence-electron chi connectivity index (χ3n) is 3.36. The van der Waals surface area contributed by atoms with Crippen molar-refractivity contribution in [2.45, 2.75) is 37.7 Å². The van der Waals surface area contributed by atoms with Crippen LogP contribution in [-0.2, 0) is 4.79 Å². The van der Waals surface area contributed by atoms with Crippen LogP contribution in [0.3, 0.4) is 0 Å². The number of carbonyl (C=O) groups is 1. The van der Waals surface area contributed by atoms with Gasteiger partial charge in [-0.05, 0) is 25.0 Å². The Morgan fingerprint density at radius 3 is 2.42 bits per heavy atom. The molecule has 102 valence electrons. The highest BCUT2D eigenvalue weighted by Gasteiger charge is 2.35. The van der Waals surface area contributed by atoms with Gasteiger partial charge in [0.15, 0.2) is 0 Å². The predicted octanol–water partition coefficient (Wildman–Crippen LogP) is 1.39. The topological polar surface area (TPSA) is 69.6 Å². The summed E-state index contributed by atoms with van der Waals surface area (Å²) in [5.41, 5.74) is -1.20. The van der Waals surface area contributed by atoms with Gasteiger partial charge in [-0.25, -0.2) is 0 Å². The molecule has 1 fully saturated rings. The number of aliphatic carboxylic acids is 1. The zero-order chi connectivity index (χ0) is 13.7. The van der Waals surface area contributed by atoms with Crippen LogP contribution >= 0.6 is 0 Å². The minimum absolute atomic E-state index is 0.0680. The molecule has 0 radical (unpaired) electrons. The van der Waals surface area contributed by atoms with Crippen LogP contribution in [0, 0.1) is 0 Å². The lowest BCUT2D eigenvalue weighted by Crippen LogP contribution is -2.37. The second-order valence-electron chi connectivity index (χ2n) is 4.83. The first kappa shape index (κ1) is 13.6. The van der Waals surface area contributed by atoms with Gasteiger partial charge in [0.05, 0.1) is 5.97 Å². The molecule has 1 saturated carbocycles. The van der Waals surface area contributed by atoms with Crippen molar-refractivity contribution in [1.82, 2.24) is 0 Å². The molecule has 0 aromatic heterocycles. The van der Waals surface area contributed by atoms with Gasteiger partial charge in [-0.15, -0.1) is 0 Å². The average molecular weight is 261 g/mol. The van der Waals surface area contributed by atoms with Gasteiger partial charge in [0.25, 0.3) is 0 Å². The number of carboxylic acid groups (broad SMARTS) is 1. The van der Waals surface area contributed by atoms with Gasteiger partial charge in [0.1, 0.15) is 17.1 Å². The molecule has 4 heteroatoms. The Hall–Kier alpha value is -1.81. The van der Waals surface area contributed by atoms with E-state index >= 15 is 0 Å². The normalized spacial score (nSPS) is 18.9. The van der Waals surface area contributed by atoms with Crippen LogP contribution in [0.25, 0.3) is 0 Å². The lowest BCUT2D eigenvalue weighted by Gasteiger charge is -2.34. The number of hydrogen-bond acceptors (Lipinski definition) is 4. The summed E-state index contributed by atoms with van der Waals surface area (Å²) in [6.07, 6.45) is 4.65. The van der Waals surface area contributed by atoms with Gasteiger partial charge in [-0.2, -0.15) is 0 Å². The number of ether oxygens (including phenoxy) is 1. The maximum atomic E-state index is 10.8. The van der Waals surface area contributed by atoms with E-state index < -0.39 is 11.6 Å². The third kappa shape index (κ3) is 3.58. The predicted molar refractivity (Wildman–Crippen MR) is 68.2 cm³/mol. The Bertz CT molecular complexity index is 458. The summed E-state index contributed by atoms with van der Waals surface area (Å²) >= 11 is 0. The van der Waals surface area contributed by atoms with Crippen molar-refractivity contribution < 1.29 is 19.7 Å². The van der Waals surface area contributed by atoms with Crippen molar-refractivity contribution in [2.24, 2.45) is 0 Å². The second-order valence-corrected chi connectivity index (χ2v) is 4.83. The first-order valence-electron chi connectivity index (χ1n) is 6.49. The van der Waals surface area contributed by atoms with E-state index in [2.05, 4.69) is 0 Å². The molecule has 1 N–H and O–H groups in total. The van der Waals surface area contributed by atoms with E-state index in [4.69, 9.17) is 4.74 Å². The molecule has 0 amide bonds. The number of para-hydroxylation sites is 1. The summed E-state index contributed by atoms with van der Waals surface area (Å²) in [6.45, 7) is 0. The smallest absolute Gasteiger partial charge is 0.137 e. The SMILES string of the molecule is O=C([O-])/C=C(\Oc1ccccc1)C1(O)CCCCC1. The Labute approximate surface area is 112 Å². The van der Waals surface area contributed by atoms with Crippen molar-refractivity contribution in [3.63, 3.8) is 0 Å². The van der Waals surface area contributed by atoms with E-state index in [9.17, 15) is 15.0 Å². The number of carboxylic acids is 1. The van der Waals surface area contributed by atoms with Crippen LogP contribution in [0.4, 0.5) is 0 Å². The molecule has 0 heterocycles. The van der Waals surface area contributed by atoms with Crippen LogP contribution < -0.4 is 9.84 Å². The van der Waals surface area contributed by atoms with Crippen LogP contribution in [0.1, 0.15) is 32.1 Å². The van der Waals surface area contributed by atoms with Crippen LogP contribution in [-0.4, -0.2) is 16.7 Å². The molecule has 0 aliphatic heterocycles. The van der Waals surface area contributed by atoms with Gasteiger partial charge in [0, 0.05) is 6.08 Å². The quantitative estimate of drug-likeness (QED) is 0.657. The van der Waals surface area contributed by atoms with Gasteiger partial charge in [0.2, 0.25) is 0 Å². The number of benzene rings is 1. The molecule has 1 aromatic carbocycles. The number of carbonyl (C=O) groups excluding carboxylic acids is 1. The van der Waals surface area contributed by atoms with Crippen molar-refractivity contribution in [3.05, 3.63) is 42.2 Å². The molecule has 0 spiro atoms. The summed E-state index contributed by atoms with van der Waals surface area (Å²) < 4.78 is 5.56. The molecule has 1 aliphatic carbocycles. The highest BCUT2D eigenvalue weighted by molar-refractivity contribution is 5.78. The largest absolute Gasteiger partial charge is 0.545 e. The molecule has 1 aromatic rings. The van der Waals surface area contributed by atoms with Gasteiger partial charge in [-0.3, -0.25) is 0 Å². The Morgan fingerprint density at radius 1 is 1.21 bits per heavy atom. The zero-order valence-corrected chi connectivity index (χ0v) is 10.7. The van der Waals surface area contributed by atoms with Gasteiger partial charge < -0.3 is 19.7 Å². The third-order valence-corrected chi connectivity index (χ3v) is 3.36. The van der Waals surface area contributed by atoms with Crippen LogP contribution in [0.15, 0.2) is 42.2 Å². The van der Waals surface area contributed by atoms with Crippen molar-refractivity contribution in [3.8, 4) is 5.75 Å². The summed E-state index contributed by atoms with van der Waals surface area (Å²) in [5.74, 6) is -0.780. The molecule has 0 bridgehead atoms. The maximum Gasteiger partial charge on any atom is 0.137 e. The van der Waals surface area contributed by atoms with E-state index in [1.807, 2.05) is 6.07 Å². The van der Waals surface area contributed by atoms with Crippen LogP contribution in [0.2, 0.25) is 0 Å². The lowest BCUT2D eigenvalue weighted by molar-refractivity contribution is -0.297. The Morgan fingerprint density at radius 2 is 1.84 bits per heavy atom. The van der Waals surface area contributed by atoms with Gasteiger partial charge >= 0.3 is 0 Å². The standard InChI is InChI=1S/C15H18O4/c16-14(17)11-13(15(18)9-5-2-6-10-15)19-12-7-3-1-4-8-12/h1,3-4,7-8,11,18H,2,5-6,9-10H2,(H,16,17)/p-1/b13-11-. The fourth-order valence-corrected chi connectivity index (χ4v) is 2.36. The van der Waals surface area contributed by atoms with Crippen molar-refractivity contribution in [2.75, 3.05) is 0 Å². The second kappa shape index (κ2) is 5.89. The highest BCUT2D eigenvalue weighted by Crippen LogP contribution is 2.35. The minimum atomic E-state index is -1.36. The molecule has 2 rings (SSSR count). The summed E-state index contributed by atoms with van der Waals surface area (Å²) in [7, 11) is 0. The molecule has 19 heavy (non-hydrogen) atoms. The molecule has 1 aliphatic rings. The van der Waals surface area contributed by atoms with E-state index in [0.717, 1.165) is 25.3 Å². The van der Waals surface area contributed by atoms with Gasteiger partial charge in [-0.1, -0.05) is 37.5 Å². The average Bonchev–Trinajstić information content (AvgIpc) is 2.39. The fourth-order valence-electron chi connectivity index (χ4n) is 2.36. The molecule has 0 saturated heterocycles. The summed E-state index contributed by atoms with van der Waals surface area (Å²) in [4.78, 5) is 10.8. The molecule has 0 unspecified atom stereocenters. The molecular weight excluding hydrogens is 244 g/mol. The van der Waals surface area contributed by atoms with E-state index in [1.54, 1.807) is 24.3 Å². The fraction of sp³-hybridized carbons (Fsp3) is 0.400. The van der Waals surface area contributed by atoms with Crippen molar-refractivity contribution in [1.29, 1.82) is 0 Å². The Balaban J connectivity index is 2.23. The first-order chi connectivity index (χ1) is 9.10. The molecular formula is C15H17O4-. The maximum absolute atomic E-state index is 10.8. The van der Waals surface area contributed by atoms with Crippen molar-refractivity contribution >= 4 is 5.97 Å². The minimum Gasteiger partial charge on any atom is -0.545 e. The van der Waals surface area contributed by atoms with E-state index in [0.29, 0.717) is 18.6 Å². The highest BCUT2D eigenvalue weighted by atomic mass is 16.5. The first-order valence-corrected chi connectivity index (χ1v) is 6.49. The zero-order valence-electron chi connectivity index (χ0n) is 10.7. The van der Waals surface area contributed by atoms with E-state index in [1.165, 1.54) is 0 Å². The monoisotopic (exact) mass is 261 g/mol. The lowest BCUT2D eigenvalue weighted by atomic mass is 9.83. The summed E-state index contributed by atoms with van der Waals surface area (Å²) in [5, 5.41) is 21.4. The number of rotatable bonds is 4. The number of hydrogen-bond donors (Lipinski definition) is 1. The van der Waals surface area contributed by atoms with E-state index in [-0.39, 0.29) is 5.76 Å². The summed E-state index contributed by atoms with van der Waals surface area (Å²) in [6, 6.07) is 8.85. The van der Waals surface area contributed by atoms with Crippen LogP contribution in [0.5, 0.6) is 5.75 Å². The number of aliphatic hydroxyl groups is 1.